The van der Waals surface area contributed by atoms with E-state index in [2.05, 4.69) is 49.4 Å². The SMILES string of the molecule is CC1=C2CC3[C@@H](CC[C@@H]4Cc5[nH]ncc5C[C@]34C)C2CC[C@@]2(C1)O[C@@H]1C[C@H](C)CNC1[C@H]2C. The van der Waals surface area contributed by atoms with Crippen molar-refractivity contribution in [2.45, 2.75) is 103 Å². The van der Waals surface area contributed by atoms with Crippen molar-refractivity contribution in [2.24, 2.45) is 40.9 Å². The first-order chi connectivity index (χ1) is 15.9. The molecule has 0 radical (unpaired) electrons. The van der Waals surface area contributed by atoms with E-state index in [0.29, 0.717) is 23.5 Å². The molecule has 0 bridgehead atoms. The van der Waals surface area contributed by atoms with Gasteiger partial charge < -0.3 is 10.1 Å². The maximum Gasteiger partial charge on any atom is 0.0765 e. The van der Waals surface area contributed by atoms with Crippen LogP contribution in [-0.2, 0) is 17.6 Å². The van der Waals surface area contributed by atoms with Gasteiger partial charge in [-0.15, -0.1) is 0 Å². The molecule has 1 aromatic heterocycles. The highest BCUT2D eigenvalue weighted by Crippen LogP contribution is 2.64. The Morgan fingerprint density at radius 2 is 2.00 bits per heavy atom. The fourth-order valence-electron chi connectivity index (χ4n) is 10.0. The Bertz CT molecular complexity index is 981. The van der Waals surface area contributed by atoms with Crippen LogP contribution < -0.4 is 5.32 Å². The van der Waals surface area contributed by atoms with E-state index in [9.17, 15) is 0 Å². The fraction of sp³-hybridized carbons (Fsp3) is 0.828. The molecule has 2 aliphatic heterocycles. The predicted octanol–water partition coefficient (Wildman–Crippen LogP) is 5.45. The minimum absolute atomic E-state index is 0.0704. The largest absolute Gasteiger partial charge is 0.369 e. The standard InChI is InChI=1S/C29H43N3O/c1-16-9-26-27(30-14-16)18(3)29(33-26)8-7-21-22-6-5-20-10-25-19(15-31-32-25)13-28(20,4)24(22)11-23(21)17(2)12-29/h15-16,18,20-22,24,26-27,30H,5-14H2,1-4H3,(H,31,32)/t16-,18+,20+,21?,22-,24?,26+,27?,28-,29-/m0/s1. The van der Waals surface area contributed by atoms with Crippen LogP contribution in [0.4, 0.5) is 0 Å². The van der Waals surface area contributed by atoms with Gasteiger partial charge in [-0.25, -0.2) is 0 Å². The number of piperidine rings is 1. The summed E-state index contributed by atoms with van der Waals surface area (Å²) in [6.45, 7) is 11.2. The van der Waals surface area contributed by atoms with Crippen LogP contribution in [0, 0.1) is 40.9 Å². The molecule has 3 heterocycles. The molecule has 0 amide bonds. The molecule has 6 aliphatic rings. The summed E-state index contributed by atoms with van der Waals surface area (Å²) in [5.41, 5.74) is 7.00. The number of rotatable bonds is 0. The molecule has 3 unspecified atom stereocenters. The van der Waals surface area contributed by atoms with Crippen LogP contribution in [0.5, 0.6) is 0 Å². The van der Waals surface area contributed by atoms with Crippen molar-refractivity contribution < 1.29 is 4.74 Å². The van der Waals surface area contributed by atoms with Crippen LogP contribution in [0.25, 0.3) is 0 Å². The lowest BCUT2D eigenvalue weighted by Crippen LogP contribution is -2.48. The van der Waals surface area contributed by atoms with Gasteiger partial charge in [-0.05, 0) is 112 Å². The summed E-state index contributed by atoms with van der Waals surface area (Å²) in [5.74, 6) is 4.73. The monoisotopic (exact) mass is 449 g/mol. The third kappa shape index (κ3) is 2.92. The highest BCUT2D eigenvalue weighted by molar-refractivity contribution is 5.32. The van der Waals surface area contributed by atoms with Gasteiger partial charge in [0, 0.05) is 17.7 Å². The summed E-state index contributed by atoms with van der Waals surface area (Å²) in [7, 11) is 0. The van der Waals surface area contributed by atoms with Crippen LogP contribution in [0.2, 0.25) is 0 Å². The smallest absolute Gasteiger partial charge is 0.0765 e. The molecule has 4 heteroatoms. The normalized spacial score (nSPS) is 50.9. The van der Waals surface area contributed by atoms with Crippen LogP contribution >= 0.6 is 0 Å². The molecule has 33 heavy (non-hydrogen) atoms. The van der Waals surface area contributed by atoms with Gasteiger partial charge in [0.05, 0.1) is 17.9 Å². The summed E-state index contributed by atoms with van der Waals surface area (Å²) < 4.78 is 7.06. The zero-order valence-electron chi connectivity index (χ0n) is 21.1. The average Bonchev–Trinajstić information content (AvgIpc) is 3.43. The summed E-state index contributed by atoms with van der Waals surface area (Å²) in [6, 6.07) is 0.561. The predicted molar refractivity (Wildman–Crippen MR) is 131 cm³/mol. The maximum atomic E-state index is 7.06. The van der Waals surface area contributed by atoms with Gasteiger partial charge in [0.15, 0.2) is 0 Å². The lowest BCUT2D eigenvalue weighted by Gasteiger charge is -2.52. The molecule has 0 aromatic carbocycles. The van der Waals surface area contributed by atoms with Gasteiger partial charge in [0.25, 0.3) is 0 Å². The van der Waals surface area contributed by atoms with E-state index in [4.69, 9.17) is 4.74 Å². The van der Waals surface area contributed by atoms with E-state index >= 15 is 0 Å². The second-order valence-electron chi connectivity index (χ2n) is 13.4. The molecule has 2 saturated carbocycles. The van der Waals surface area contributed by atoms with Crippen molar-refractivity contribution in [3.05, 3.63) is 28.6 Å². The number of aromatic nitrogens is 2. The molecule has 1 spiro atoms. The minimum atomic E-state index is 0.0704. The first-order valence-electron chi connectivity index (χ1n) is 14.0. The summed E-state index contributed by atoms with van der Waals surface area (Å²) in [4.78, 5) is 0. The number of H-pyrrole nitrogens is 1. The Morgan fingerprint density at radius 1 is 1.12 bits per heavy atom. The van der Waals surface area contributed by atoms with Crippen LogP contribution in [0.3, 0.4) is 0 Å². The lowest BCUT2D eigenvalue weighted by molar-refractivity contribution is -0.0733. The van der Waals surface area contributed by atoms with Crippen molar-refractivity contribution in [3.8, 4) is 0 Å². The molecule has 2 N–H and O–H groups in total. The van der Waals surface area contributed by atoms with Gasteiger partial charge in [-0.2, -0.15) is 5.10 Å². The van der Waals surface area contributed by atoms with Crippen LogP contribution in [0.15, 0.2) is 17.3 Å². The minimum Gasteiger partial charge on any atom is -0.369 e. The molecule has 4 aliphatic carbocycles. The molecule has 7 rings (SSSR count). The molecule has 2 saturated heterocycles. The van der Waals surface area contributed by atoms with Crippen molar-refractivity contribution in [3.63, 3.8) is 0 Å². The number of fused-ring (bicyclic) bond motifs is 7. The van der Waals surface area contributed by atoms with E-state index in [0.717, 1.165) is 36.1 Å². The summed E-state index contributed by atoms with van der Waals surface area (Å²) in [5, 5.41) is 11.6. The second kappa shape index (κ2) is 7.20. The van der Waals surface area contributed by atoms with Crippen molar-refractivity contribution in [1.29, 1.82) is 0 Å². The summed E-state index contributed by atoms with van der Waals surface area (Å²) >= 11 is 0. The average molecular weight is 450 g/mol. The van der Waals surface area contributed by atoms with Gasteiger partial charge >= 0.3 is 0 Å². The zero-order valence-corrected chi connectivity index (χ0v) is 21.1. The van der Waals surface area contributed by atoms with Crippen LogP contribution in [-0.4, -0.2) is 34.5 Å². The Hall–Kier alpha value is -1.13. The number of ether oxygens (including phenoxy) is 1. The van der Waals surface area contributed by atoms with Crippen molar-refractivity contribution >= 4 is 0 Å². The molecular formula is C29H43N3O. The van der Waals surface area contributed by atoms with E-state index in [1.54, 1.807) is 5.57 Å². The highest BCUT2D eigenvalue weighted by atomic mass is 16.5. The lowest BCUT2D eigenvalue weighted by atomic mass is 9.52. The molecule has 4 fully saturated rings. The van der Waals surface area contributed by atoms with E-state index < -0.39 is 0 Å². The molecular weight excluding hydrogens is 406 g/mol. The van der Waals surface area contributed by atoms with Gasteiger partial charge in [-0.1, -0.05) is 31.9 Å². The van der Waals surface area contributed by atoms with Gasteiger partial charge in [-0.3, -0.25) is 5.10 Å². The van der Waals surface area contributed by atoms with Gasteiger partial charge in [0.1, 0.15) is 0 Å². The Morgan fingerprint density at radius 3 is 2.88 bits per heavy atom. The third-order valence-electron chi connectivity index (χ3n) is 11.9. The maximum absolute atomic E-state index is 7.06. The Balaban J connectivity index is 1.19. The fourth-order valence-corrected chi connectivity index (χ4v) is 10.0. The molecule has 4 nitrogen and oxygen atoms in total. The first kappa shape index (κ1) is 21.2. The van der Waals surface area contributed by atoms with E-state index in [1.165, 1.54) is 69.0 Å². The molecule has 180 valence electrons. The number of nitrogens with zero attached hydrogens (tertiary/aromatic N) is 1. The summed E-state index contributed by atoms with van der Waals surface area (Å²) in [6.07, 6.45) is 14.2. The number of hydrogen-bond donors (Lipinski definition) is 2. The van der Waals surface area contributed by atoms with Crippen molar-refractivity contribution in [1.82, 2.24) is 15.5 Å². The molecule has 1 aromatic rings. The van der Waals surface area contributed by atoms with Crippen LogP contribution in [0.1, 0.15) is 83.9 Å². The number of hydrogen-bond acceptors (Lipinski definition) is 3. The Labute approximate surface area is 199 Å². The van der Waals surface area contributed by atoms with Crippen molar-refractivity contribution in [2.75, 3.05) is 6.54 Å². The quantitative estimate of drug-likeness (QED) is 0.518. The number of allylic oxidation sites excluding steroid dienone is 1. The van der Waals surface area contributed by atoms with E-state index in [1.807, 2.05) is 5.57 Å². The third-order valence-corrected chi connectivity index (χ3v) is 11.9. The van der Waals surface area contributed by atoms with Gasteiger partial charge in [0.2, 0.25) is 0 Å². The Kier molecular flexibility index (Phi) is 4.62. The second-order valence-corrected chi connectivity index (χ2v) is 13.4. The first-order valence-corrected chi connectivity index (χ1v) is 14.0. The number of aromatic amines is 1. The number of nitrogens with one attached hydrogen (secondary N) is 2. The van der Waals surface area contributed by atoms with E-state index in [-0.39, 0.29) is 5.60 Å². The zero-order chi connectivity index (χ0) is 22.5. The molecule has 10 atom stereocenters. The topological polar surface area (TPSA) is 49.9 Å². The highest BCUT2D eigenvalue weighted by Gasteiger charge is 2.59.